The third kappa shape index (κ3) is 7.02. The Morgan fingerprint density at radius 1 is 1.18 bits per heavy atom. The molecule has 1 aromatic heterocycles. The van der Waals surface area contributed by atoms with E-state index in [9.17, 15) is 9.18 Å². The number of halogens is 2. The summed E-state index contributed by atoms with van der Waals surface area (Å²) >= 11 is 0. The molecule has 2 aliphatic rings. The lowest BCUT2D eigenvalue weighted by Gasteiger charge is -2.21. The maximum absolute atomic E-state index is 13.0. The second kappa shape index (κ2) is 12.2. The number of nitrogens with zero attached hydrogens (tertiary/aromatic N) is 3. The summed E-state index contributed by atoms with van der Waals surface area (Å²) in [5, 5.41) is 6.73. The maximum Gasteiger partial charge on any atom is 0.225 e. The van der Waals surface area contributed by atoms with Crippen molar-refractivity contribution in [2.75, 3.05) is 20.1 Å². The fourth-order valence-electron chi connectivity index (χ4n) is 4.28. The summed E-state index contributed by atoms with van der Waals surface area (Å²) in [5.41, 5.74) is 0.976. The number of benzene rings is 1. The van der Waals surface area contributed by atoms with Crippen molar-refractivity contribution >= 4 is 35.8 Å². The number of pyridine rings is 1. The molecule has 1 saturated heterocycles. The van der Waals surface area contributed by atoms with Crippen molar-refractivity contribution in [3.05, 3.63) is 54.0 Å². The third-order valence-electron chi connectivity index (χ3n) is 6.06. The first-order valence-corrected chi connectivity index (χ1v) is 11.2. The summed E-state index contributed by atoms with van der Waals surface area (Å²) in [5.74, 6) is 1.93. The lowest BCUT2D eigenvalue weighted by atomic mass is 10.1. The van der Waals surface area contributed by atoms with Gasteiger partial charge in [-0.3, -0.25) is 9.79 Å². The number of aromatic nitrogens is 1. The van der Waals surface area contributed by atoms with Gasteiger partial charge < -0.3 is 20.3 Å². The maximum atomic E-state index is 13.0. The lowest BCUT2D eigenvalue weighted by Crippen LogP contribution is -2.45. The van der Waals surface area contributed by atoms with E-state index in [0.29, 0.717) is 30.0 Å². The molecule has 1 aliphatic carbocycles. The van der Waals surface area contributed by atoms with Crippen molar-refractivity contribution in [2.45, 2.75) is 44.7 Å². The SMILES string of the molecule is CN=C(NCc1ccc(Oc2ccc(F)cc2)nc1)NC1CCN(C(=O)C2CCCC2)C1.I. The number of amides is 1. The molecule has 2 fully saturated rings. The van der Waals surface area contributed by atoms with E-state index in [1.807, 2.05) is 11.0 Å². The number of carbonyl (C=O) groups is 1. The van der Waals surface area contributed by atoms with E-state index >= 15 is 0 Å². The van der Waals surface area contributed by atoms with Crippen LogP contribution in [0.2, 0.25) is 0 Å². The molecule has 9 heteroatoms. The number of aliphatic imine (C=N–C) groups is 1. The minimum atomic E-state index is -0.306. The summed E-state index contributed by atoms with van der Waals surface area (Å²) in [4.78, 5) is 23.3. The number of carbonyl (C=O) groups excluding carboxylic acids is 1. The Labute approximate surface area is 211 Å². The van der Waals surface area contributed by atoms with E-state index in [1.165, 1.54) is 25.0 Å². The topological polar surface area (TPSA) is 78.9 Å². The van der Waals surface area contributed by atoms with Crippen molar-refractivity contribution in [2.24, 2.45) is 10.9 Å². The second-order valence-corrected chi connectivity index (χ2v) is 8.38. The highest BCUT2D eigenvalue weighted by atomic mass is 127. The quantitative estimate of drug-likeness (QED) is 0.313. The monoisotopic (exact) mass is 567 g/mol. The summed E-state index contributed by atoms with van der Waals surface area (Å²) in [6.07, 6.45) is 7.09. The first-order chi connectivity index (χ1) is 15.6. The molecular weight excluding hydrogens is 536 g/mol. The van der Waals surface area contributed by atoms with Gasteiger partial charge in [0.05, 0.1) is 0 Å². The van der Waals surface area contributed by atoms with Crippen LogP contribution in [-0.4, -0.2) is 47.9 Å². The van der Waals surface area contributed by atoms with Crippen LogP contribution >= 0.6 is 24.0 Å². The van der Waals surface area contributed by atoms with Gasteiger partial charge in [-0.2, -0.15) is 0 Å². The number of hydrogen-bond donors (Lipinski definition) is 2. The molecule has 0 bridgehead atoms. The number of guanidine groups is 1. The van der Waals surface area contributed by atoms with E-state index in [2.05, 4.69) is 20.6 Å². The highest BCUT2D eigenvalue weighted by Gasteiger charge is 2.32. The van der Waals surface area contributed by atoms with Crippen LogP contribution < -0.4 is 15.4 Å². The highest BCUT2D eigenvalue weighted by Crippen LogP contribution is 2.28. The average Bonchev–Trinajstić information content (AvgIpc) is 3.51. The van der Waals surface area contributed by atoms with Crippen LogP contribution in [0.15, 0.2) is 47.6 Å². The molecule has 1 aliphatic heterocycles. The summed E-state index contributed by atoms with van der Waals surface area (Å²) in [7, 11) is 1.74. The van der Waals surface area contributed by atoms with Gasteiger partial charge in [0.15, 0.2) is 5.96 Å². The molecular formula is C24H31FIN5O2. The summed E-state index contributed by atoms with van der Waals surface area (Å²) in [6, 6.07) is 9.72. The molecule has 2 heterocycles. The second-order valence-electron chi connectivity index (χ2n) is 8.38. The Morgan fingerprint density at radius 2 is 1.94 bits per heavy atom. The zero-order valence-corrected chi connectivity index (χ0v) is 21.1. The predicted octanol–water partition coefficient (Wildman–Crippen LogP) is 4.09. The van der Waals surface area contributed by atoms with Crippen molar-refractivity contribution in [3.8, 4) is 11.6 Å². The number of rotatable bonds is 6. The van der Waals surface area contributed by atoms with E-state index in [1.54, 1.807) is 31.4 Å². The van der Waals surface area contributed by atoms with Gasteiger partial charge in [0.25, 0.3) is 0 Å². The van der Waals surface area contributed by atoms with Gasteiger partial charge in [0, 0.05) is 50.9 Å². The average molecular weight is 567 g/mol. The molecule has 1 aromatic carbocycles. The van der Waals surface area contributed by atoms with Crippen LogP contribution in [0, 0.1) is 11.7 Å². The largest absolute Gasteiger partial charge is 0.439 e. The Kier molecular flexibility index (Phi) is 9.28. The normalized spacial score (nSPS) is 18.7. The van der Waals surface area contributed by atoms with E-state index in [4.69, 9.17) is 4.74 Å². The molecule has 178 valence electrons. The van der Waals surface area contributed by atoms with Gasteiger partial charge in [0.2, 0.25) is 11.8 Å². The lowest BCUT2D eigenvalue weighted by molar-refractivity contribution is -0.134. The highest BCUT2D eigenvalue weighted by molar-refractivity contribution is 14.0. The molecule has 1 amide bonds. The van der Waals surface area contributed by atoms with E-state index in [-0.39, 0.29) is 41.8 Å². The smallest absolute Gasteiger partial charge is 0.225 e. The molecule has 1 atom stereocenters. The fraction of sp³-hybridized carbons (Fsp3) is 0.458. The van der Waals surface area contributed by atoms with Gasteiger partial charge in [-0.1, -0.05) is 18.9 Å². The van der Waals surface area contributed by atoms with Gasteiger partial charge in [-0.25, -0.2) is 9.37 Å². The van der Waals surface area contributed by atoms with Gasteiger partial charge in [-0.05, 0) is 49.1 Å². The molecule has 0 radical (unpaired) electrons. The number of hydrogen-bond acceptors (Lipinski definition) is 4. The molecule has 7 nitrogen and oxygen atoms in total. The Balaban J connectivity index is 0.00000306. The van der Waals surface area contributed by atoms with Crippen molar-refractivity contribution in [1.82, 2.24) is 20.5 Å². The van der Waals surface area contributed by atoms with Crippen LogP contribution in [-0.2, 0) is 11.3 Å². The van der Waals surface area contributed by atoms with Crippen molar-refractivity contribution in [3.63, 3.8) is 0 Å². The first kappa shape index (κ1) is 25.2. The van der Waals surface area contributed by atoms with Gasteiger partial charge in [-0.15, -0.1) is 24.0 Å². The number of ether oxygens (including phenoxy) is 1. The van der Waals surface area contributed by atoms with Crippen molar-refractivity contribution < 1.29 is 13.9 Å². The predicted molar refractivity (Wildman–Crippen MR) is 136 cm³/mol. The van der Waals surface area contributed by atoms with Crippen molar-refractivity contribution in [1.29, 1.82) is 0 Å². The minimum Gasteiger partial charge on any atom is -0.439 e. The molecule has 0 spiro atoms. The molecule has 4 rings (SSSR count). The van der Waals surface area contributed by atoms with Gasteiger partial charge in [0.1, 0.15) is 11.6 Å². The van der Waals surface area contributed by atoms with Crippen LogP contribution in [0.5, 0.6) is 11.6 Å². The first-order valence-electron chi connectivity index (χ1n) is 11.2. The van der Waals surface area contributed by atoms with Gasteiger partial charge >= 0.3 is 0 Å². The van der Waals surface area contributed by atoms with E-state index in [0.717, 1.165) is 37.9 Å². The fourth-order valence-corrected chi connectivity index (χ4v) is 4.28. The third-order valence-corrected chi connectivity index (χ3v) is 6.06. The summed E-state index contributed by atoms with van der Waals surface area (Å²) < 4.78 is 18.6. The number of likely N-dealkylation sites (tertiary alicyclic amines) is 1. The van der Waals surface area contributed by atoms with Crippen LogP contribution in [0.3, 0.4) is 0 Å². The Bertz CT molecular complexity index is 933. The van der Waals surface area contributed by atoms with E-state index < -0.39 is 0 Å². The van der Waals surface area contributed by atoms with Crippen LogP contribution in [0.25, 0.3) is 0 Å². The molecule has 1 unspecified atom stereocenters. The molecule has 1 saturated carbocycles. The minimum absolute atomic E-state index is 0. The molecule has 2 aromatic rings. The van der Waals surface area contributed by atoms with Crippen LogP contribution in [0.1, 0.15) is 37.7 Å². The zero-order chi connectivity index (χ0) is 22.3. The Morgan fingerprint density at radius 3 is 2.61 bits per heavy atom. The summed E-state index contributed by atoms with van der Waals surface area (Å²) in [6.45, 7) is 2.09. The molecule has 2 N–H and O–H groups in total. The Hall–Kier alpha value is -2.43. The molecule has 33 heavy (non-hydrogen) atoms. The standard InChI is InChI=1S/C24H30FN5O2.HI/c1-26-24(29-20-12-13-30(16-20)23(31)18-4-2-3-5-18)28-15-17-6-11-22(27-14-17)32-21-9-7-19(25)8-10-21;/h6-11,14,18,20H,2-5,12-13,15-16H2,1H3,(H2,26,28,29);1H. The van der Waals surface area contributed by atoms with Crippen LogP contribution in [0.4, 0.5) is 4.39 Å². The zero-order valence-electron chi connectivity index (χ0n) is 18.8. The number of nitrogens with one attached hydrogen (secondary N) is 2.